The largest absolute Gasteiger partial charge is 0.352 e. The van der Waals surface area contributed by atoms with Crippen LogP contribution in [-0.4, -0.2) is 48.7 Å². The molecule has 1 aromatic carbocycles. The molecule has 0 spiro atoms. The molecule has 8 nitrogen and oxygen atoms in total. The van der Waals surface area contributed by atoms with Crippen LogP contribution >= 0.6 is 0 Å². The van der Waals surface area contributed by atoms with E-state index < -0.39 is 10.0 Å². The smallest absolute Gasteiger partial charge is 0.243 e. The molecule has 0 radical (unpaired) electrons. The minimum Gasteiger partial charge on any atom is -0.352 e. The van der Waals surface area contributed by atoms with Gasteiger partial charge in [-0.05, 0) is 74.4 Å². The van der Waals surface area contributed by atoms with Gasteiger partial charge in [-0.2, -0.15) is 4.31 Å². The van der Waals surface area contributed by atoms with Gasteiger partial charge in [-0.3, -0.25) is 14.6 Å². The molecule has 1 aliphatic carbocycles. The second-order valence-electron chi connectivity index (χ2n) is 9.61. The van der Waals surface area contributed by atoms with Crippen molar-refractivity contribution >= 4 is 27.5 Å². The number of fused-ring (bicyclic) bond motifs is 1. The van der Waals surface area contributed by atoms with Gasteiger partial charge in [0.1, 0.15) is 0 Å². The summed E-state index contributed by atoms with van der Waals surface area (Å²) in [6.45, 7) is 2.94. The lowest BCUT2D eigenvalue weighted by molar-refractivity contribution is -0.126. The molecule has 2 aromatic rings. The van der Waals surface area contributed by atoms with Crippen LogP contribution in [0.2, 0.25) is 0 Å². The number of sulfonamides is 1. The van der Waals surface area contributed by atoms with E-state index in [-0.39, 0.29) is 41.1 Å². The molecule has 3 aliphatic rings. The van der Waals surface area contributed by atoms with Gasteiger partial charge in [0.05, 0.1) is 10.8 Å². The number of carbonyl (C=O) groups is 2. The minimum atomic E-state index is -3.74. The fourth-order valence-corrected chi connectivity index (χ4v) is 6.57. The van der Waals surface area contributed by atoms with Crippen LogP contribution < -0.4 is 10.2 Å². The Kier molecular flexibility index (Phi) is 6.16. The summed E-state index contributed by atoms with van der Waals surface area (Å²) in [5, 5.41) is 2.91. The Morgan fingerprint density at radius 2 is 1.97 bits per heavy atom. The van der Waals surface area contributed by atoms with E-state index in [2.05, 4.69) is 10.3 Å². The number of amides is 2. The average Bonchev–Trinajstić information content (AvgIpc) is 3.64. The second-order valence-corrected chi connectivity index (χ2v) is 11.5. The number of pyridine rings is 1. The summed E-state index contributed by atoms with van der Waals surface area (Å²) in [6.07, 6.45) is 7.20. The van der Waals surface area contributed by atoms with Crippen LogP contribution in [0.15, 0.2) is 47.6 Å². The van der Waals surface area contributed by atoms with Gasteiger partial charge < -0.3 is 10.2 Å². The molecule has 2 aliphatic heterocycles. The van der Waals surface area contributed by atoms with Crippen molar-refractivity contribution in [2.75, 3.05) is 18.0 Å². The van der Waals surface area contributed by atoms with Crippen molar-refractivity contribution < 1.29 is 18.0 Å². The fraction of sp³-hybridized carbons (Fsp3) is 0.480. The summed E-state index contributed by atoms with van der Waals surface area (Å²) in [7, 11) is -3.74. The van der Waals surface area contributed by atoms with E-state index >= 15 is 0 Å². The van der Waals surface area contributed by atoms with E-state index in [1.54, 1.807) is 30.6 Å². The molecule has 2 amide bonds. The van der Waals surface area contributed by atoms with Gasteiger partial charge in [0.25, 0.3) is 0 Å². The van der Waals surface area contributed by atoms with Crippen molar-refractivity contribution in [1.82, 2.24) is 14.6 Å². The Labute approximate surface area is 200 Å². The maximum Gasteiger partial charge on any atom is 0.243 e. The molecular weight excluding hydrogens is 452 g/mol. The predicted molar refractivity (Wildman–Crippen MR) is 127 cm³/mol. The van der Waals surface area contributed by atoms with Crippen LogP contribution in [0, 0.1) is 11.8 Å². The molecule has 1 saturated heterocycles. The number of hydrogen-bond acceptors (Lipinski definition) is 5. The molecule has 180 valence electrons. The van der Waals surface area contributed by atoms with Gasteiger partial charge in [0, 0.05) is 49.7 Å². The molecule has 1 saturated carbocycles. The van der Waals surface area contributed by atoms with E-state index in [4.69, 9.17) is 0 Å². The van der Waals surface area contributed by atoms with Crippen molar-refractivity contribution in [3.8, 4) is 0 Å². The van der Waals surface area contributed by atoms with Gasteiger partial charge in [-0.15, -0.1) is 0 Å². The van der Waals surface area contributed by atoms with Crippen molar-refractivity contribution in [3.05, 3.63) is 53.9 Å². The van der Waals surface area contributed by atoms with E-state index in [9.17, 15) is 18.0 Å². The molecule has 0 bridgehead atoms. The number of aromatic nitrogens is 1. The first-order valence-electron chi connectivity index (χ1n) is 12.0. The Hall–Kier alpha value is -2.78. The summed E-state index contributed by atoms with van der Waals surface area (Å²) >= 11 is 0. The topological polar surface area (TPSA) is 99.7 Å². The predicted octanol–water partition coefficient (Wildman–Crippen LogP) is 2.49. The van der Waals surface area contributed by atoms with Gasteiger partial charge in [0.2, 0.25) is 21.8 Å². The molecule has 5 rings (SSSR count). The van der Waals surface area contributed by atoms with Gasteiger partial charge in [-0.1, -0.05) is 6.07 Å². The highest BCUT2D eigenvalue weighted by atomic mass is 32.2. The number of nitrogens with one attached hydrogen (secondary N) is 1. The van der Waals surface area contributed by atoms with Crippen molar-refractivity contribution in [1.29, 1.82) is 0 Å². The van der Waals surface area contributed by atoms with E-state index in [1.807, 2.05) is 24.0 Å². The summed E-state index contributed by atoms with van der Waals surface area (Å²) in [6, 6.07) is 8.82. The number of nitrogens with zero attached hydrogens (tertiary/aromatic N) is 3. The minimum absolute atomic E-state index is 0.0314. The average molecular weight is 483 g/mol. The van der Waals surface area contributed by atoms with Crippen LogP contribution in [0.4, 0.5) is 5.69 Å². The van der Waals surface area contributed by atoms with Crippen LogP contribution in [0.25, 0.3) is 0 Å². The molecule has 3 heterocycles. The van der Waals surface area contributed by atoms with Gasteiger partial charge in [-0.25, -0.2) is 8.42 Å². The lowest BCUT2D eigenvalue weighted by Gasteiger charge is -2.31. The number of carbonyl (C=O) groups excluding carboxylic acids is 2. The molecule has 2 fully saturated rings. The molecule has 34 heavy (non-hydrogen) atoms. The Morgan fingerprint density at radius 1 is 1.15 bits per heavy atom. The van der Waals surface area contributed by atoms with Crippen LogP contribution in [0.1, 0.15) is 43.7 Å². The zero-order valence-electron chi connectivity index (χ0n) is 19.3. The van der Waals surface area contributed by atoms with Crippen LogP contribution in [0.5, 0.6) is 0 Å². The number of piperidine rings is 1. The lowest BCUT2D eigenvalue weighted by Crippen LogP contribution is -2.45. The Morgan fingerprint density at radius 3 is 2.71 bits per heavy atom. The highest BCUT2D eigenvalue weighted by Gasteiger charge is 2.40. The molecule has 2 atom stereocenters. The third-order valence-electron chi connectivity index (χ3n) is 7.01. The highest BCUT2D eigenvalue weighted by Crippen LogP contribution is 2.40. The maximum atomic E-state index is 13.5. The molecule has 1 N–H and O–H groups in total. The standard InChI is InChI=1S/C25H30N4O4S/c1-17-12-21-13-22(8-9-23(21)29(17)25(31)19-6-7-19)34(32,33)28-11-3-5-20(16-28)24(30)27-15-18-4-2-10-26-14-18/h2,4,8-10,13-14,17,19-20H,3,5-7,11-12,15-16H2,1H3,(H,27,30)/t17-,20-/m1/s1. The van der Waals surface area contributed by atoms with E-state index in [0.717, 1.165) is 29.7 Å². The normalized spacial score (nSPS) is 22.9. The highest BCUT2D eigenvalue weighted by molar-refractivity contribution is 7.89. The molecule has 0 unspecified atom stereocenters. The first kappa shape index (κ1) is 23.0. The maximum absolute atomic E-state index is 13.5. The summed E-state index contributed by atoms with van der Waals surface area (Å²) < 4.78 is 28.3. The number of benzene rings is 1. The fourth-order valence-electron chi connectivity index (χ4n) is 4.99. The van der Waals surface area contributed by atoms with Crippen LogP contribution in [0.3, 0.4) is 0 Å². The SMILES string of the molecule is C[C@@H]1Cc2cc(S(=O)(=O)N3CCC[C@@H](C(=O)NCc4cccnc4)C3)ccc2N1C(=O)C1CC1. The van der Waals surface area contributed by atoms with Gasteiger partial charge in [0.15, 0.2) is 0 Å². The molecule has 1 aromatic heterocycles. The van der Waals surface area contributed by atoms with E-state index in [1.165, 1.54) is 4.31 Å². The third-order valence-corrected chi connectivity index (χ3v) is 8.87. The first-order chi connectivity index (χ1) is 16.3. The third kappa shape index (κ3) is 4.46. The number of hydrogen-bond donors (Lipinski definition) is 1. The zero-order valence-corrected chi connectivity index (χ0v) is 20.1. The Balaban J connectivity index is 1.28. The quantitative estimate of drug-likeness (QED) is 0.682. The molecule has 9 heteroatoms. The Bertz CT molecular complexity index is 1200. The van der Waals surface area contributed by atoms with Crippen molar-refractivity contribution in [3.63, 3.8) is 0 Å². The number of anilines is 1. The van der Waals surface area contributed by atoms with Gasteiger partial charge >= 0.3 is 0 Å². The second kappa shape index (κ2) is 9.11. The molecular formula is C25H30N4O4S. The van der Waals surface area contributed by atoms with E-state index in [0.29, 0.717) is 32.4 Å². The number of rotatable bonds is 6. The lowest BCUT2D eigenvalue weighted by atomic mass is 9.99. The monoisotopic (exact) mass is 482 g/mol. The summed E-state index contributed by atoms with van der Waals surface area (Å²) in [5.41, 5.74) is 2.62. The van der Waals surface area contributed by atoms with Crippen molar-refractivity contribution in [2.24, 2.45) is 11.8 Å². The van der Waals surface area contributed by atoms with Crippen LogP contribution in [-0.2, 0) is 32.6 Å². The summed E-state index contributed by atoms with van der Waals surface area (Å²) in [4.78, 5) is 31.6. The summed E-state index contributed by atoms with van der Waals surface area (Å²) in [5.74, 6) is -0.258. The first-order valence-corrected chi connectivity index (χ1v) is 13.4. The van der Waals surface area contributed by atoms with Crippen molar-refractivity contribution in [2.45, 2.75) is 56.5 Å². The zero-order chi connectivity index (χ0) is 23.9.